The second-order valence-electron chi connectivity index (χ2n) is 5.62. The van der Waals surface area contributed by atoms with E-state index in [2.05, 4.69) is 24.1 Å². The normalized spacial score (nSPS) is 12.2. The van der Waals surface area contributed by atoms with Gasteiger partial charge in [-0.25, -0.2) is 13.4 Å². The van der Waals surface area contributed by atoms with Crippen LogP contribution in [0.15, 0.2) is 6.20 Å². The first-order chi connectivity index (χ1) is 9.35. The van der Waals surface area contributed by atoms with Gasteiger partial charge in [0.1, 0.15) is 5.82 Å². The molecule has 0 aromatic carbocycles. The molecular weight excluding hydrogens is 274 g/mol. The zero-order valence-electron chi connectivity index (χ0n) is 13.0. The molecule has 0 atom stereocenters. The van der Waals surface area contributed by atoms with Gasteiger partial charge >= 0.3 is 0 Å². The molecule has 0 aliphatic carbocycles. The molecule has 116 valence electrons. The highest BCUT2D eigenvalue weighted by molar-refractivity contribution is 7.91. The second-order valence-corrected chi connectivity index (χ2v) is 7.93. The van der Waals surface area contributed by atoms with Gasteiger partial charge in [-0.15, -0.1) is 0 Å². The van der Waals surface area contributed by atoms with Gasteiger partial charge < -0.3 is 9.88 Å². The van der Waals surface area contributed by atoms with Crippen molar-refractivity contribution in [1.82, 2.24) is 14.9 Å². The van der Waals surface area contributed by atoms with E-state index in [9.17, 15) is 8.42 Å². The highest BCUT2D eigenvalue weighted by Gasteiger charge is 2.12. The average molecular weight is 301 g/mol. The summed E-state index contributed by atoms with van der Waals surface area (Å²) in [7, 11) is -2.94. The zero-order chi connectivity index (χ0) is 15.2. The number of rotatable bonds is 9. The van der Waals surface area contributed by atoms with Crippen molar-refractivity contribution in [3.8, 4) is 0 Å². The van der Waals surface area contributed by atoms with Crippen LogP contribution in [0.5, 0.6) is 0 Å². The Morgan fingerprint density at radius 3 is 2.65 bits per heavy atom. The molecule has 0 aliphatic heterocycles. The van der Waals surface area contributed by atoms with Crippen molar-refractivity contribution in [2.75, 3.05) is 18.1 Å². The number of hydrogen-bond acceptors (Lipinski definition) is 4. The maximum absolute atomic E-state index is 11.8. The Kier molecular flexibility index (Phi) is 6.68. The first kappa shape index (κ1) is 17.2. The van der Waals surface area contributed by atoms with Crippen LogP contribution >= 0.6 is 0 Å². The SMILES string of the molecule is CCCS(=O)(=O)CCn1c(CNCC(C)C)cnc1C. The van der Waals surface area contributed by atoms with E-state index in [1.807, 2.05) is 24.6 Å². The molecule has 1 aromatic heterocycles. The Morgan fingerprint density at radius 1 is 1.35 bits per heavy atom. The van der Waals surface area contributed by atoms with Crippen LogP contribution in [0.1, 0.15) is 38.7 Å². The maximum Gasteiger partial charge on any atom is 0.152 e. The van der Waals surface area contributed by atoms with Crippen LogP contribution in [-0.2, 0) is 22.9 Å². The van der Waals surface area contributed by atoms with Gasteiger partial charge in [-0.05, 0) is 25.8 Å². The van der Waals surface area contributed by atoms with Crippen LogP contribution in [0.2, 0.25) is 0 Å². The van der Waals surface area contributed by atoms with Crippen LogP contribution in [0.4, 0.5) is 0 Å². The van der Waals surface area contributed by atoms with Crippen LogP contribution in [-0.4, -0.2) is 36.0 Å². The standard InChI is InChI=1S/C14H27N3O2S/c1-5-7-20(18,19)8-6-17-13(4)16-11-14(17)10-15-9-12(2)3/h11-12,15H,5-10H2,1-4H3. The molecule has 0 radical (unpaired) electrons. The van der Waals surface area contributed by atoms with Gasteiger partial charge in [0, 0.05) is 25.0 Å². The summed E-state index contributed by atoms with van der Waals surface area (Å²) in [5, 5.41) is 3.37. The monoisotopic (exact) mass is 301 g/mol. The molecule has 1 rings (SSSR count). The minimum Gasteiger partial charge on any atom is -0.330 e. The molecule has 1 aromatic rings. The van der Waals surface area contributed by atoms with Crippen LogP contribution in [0.25, 0.3) is 0 Å². The van der Waals surface area contributed by atoms with E-state index in [4.69, 9.17) is 0 Å². The third kappa shape index (κ3) is 5.63. The number of sulfone groups is 1. The predicted molar refractivity (Wildman–Crippen MR) is 82.5 cm³/mol. The lowest BCUT2D eigenvalue weighted by atomic mass is 10.2. The highest BCUT2D eigenvalue weighted by atomic mass is 32.2. The summed E-state index contributed by atoms with van der Waals surface area (Å²) >= 11 is 0. The van der Waals surface area contributed by atoms with Gasteiger partial charge in [0.2, 0.25) is 0 Å². The summed E-state index contributed by atoms with van der Waals surface area (Å²) < 4.78 is 25.6. The summed E-state index contributed by atoms with van der Waals surface area (Å²) in [4.78, 5) is 4.29. The molecule has 0 bridgehead atoms. The molecule has 5 nitrogen and oxygen atoms in total. The van der Waals surface area contributed by atoms with Crippen LogP contribution in [0.3, 0.4) is 0 Å². The van der Waals surface area contributed by atoms with Crippen molar-refractivity contribution in [3.05, 3.63) is 17.7 Å². The summed E-state index contributed by atoms with van der Waals surface area (Å²) in [6.07, 6.45) is 2.50. The van der Waals surface area contributed by atoms with E-state index in [-0.39, 0.29) is 11.5 Å². The number of aryl methyl sites for hydroxylation is 1. The third-order valence-electron chi connectivity index (χ3n) is 3.14. The fourth-order valence-electron chi connectivity index (χ4n) is 2.09. The quantitative estimate of drug-likeness (QED) is 0.755. The molecule has 20 heavy (non-hydrogen) atoms. The maximum atomic E-state index is 11.8. The van der Waals surface area contributed by atoms with E-state index in [0.29, 0.717) is 18.9 Å². The van der Waals surface area contributed by atoms with Gasteiger partial charge in [0.05, 0.1) is 11.4 Å². The Hall–Kier alpha value is -0.880. The highest BCUT2D eigenvalue weighted by Crippen LogP contribution is 2.07. The number of imidazole rings is 1. The summed E-state index contributed by atoms with van der Waals surface area (Å²) in [6, 6.07) is 0. The molecule has 6 heteroatoms. The molecule has 1 N–H and O–H groups in total. The molecular formula is C14H27N3O2S. The lowest BCUT2D eigenvalue weighted by Gasteiger charge is -2.12. The molecule has 0 saturated carbocycles. The lowest BCUT2D eigenvalue weighted by molar-refractivity contribution is 0.534. The van der Waals surface area contributed by atoms with Crippen LogP contribution < -0.4 is 5.32 Å². The van der Waals surface area contributed by atoms with Crippen molar-refractivity contribution in [3.63, 3.8) is 0 Å². The van der Waals surface area contributed by atoms with Crippen molar-refractivity contribution < 1.29 is 8.42 Å². The summed E-state index contributed by atoms with van der Waals surface area (Å²) in [6.45, 7) is 10.3. The first-order valence-corrected chi connectivity index (χ1v) is 9.10. The minimum absolute atomic E-state index is 0.190. The van der Waals surface area contributed by atoms with E-state index in [1.54, 1.807) is 0 Å². The number of hydrogen-bond donors (Lipinski definition) is 1. The Labute approximate surface area is 122 Å². The van der Waals surface area contributed by atoms with E-state index in [0.717, 1.165) is 24.6 Å². The summed E-state index contributed by atoms with van der Waals surface area (Å²) in [5.74, 6) is 1.92. The second kappa shape index (κ2) is 7.78. The Balaban J connectivity index is 2.63. The van der Waals surface area contributed by atoms with Gasteiger partial charge in [0.25, 0.3) is 0 Å². The first-order valence-electron chi connectivity index (χ1n) is 7.28. The molecule has 0 unspecified atom stereocenters. The zero-order valence-corrected chi connectivity index (χ0v) is 13.8. The van der Waals surface area contributed by atoms with Gasteiger partial charge in [-0.3, -0.25) is 0 Å². The fourth-order valence-corrected chi connectivity index (χ4v) is 3.38. The molecule has 0 fully saturated rings. The number of nitrogens with zero attached hydrogens (tertiary/aromatic N) is 2. The summed E-state index contributed by atoms with van der Waals surface area (Å²) in [5.41, 5.74) is 1.05. The largest absolute Gasteiger partial charge is 0.330 e. The number of nitrogens with one attached hydrogen (secondary N) is 1. The fraction of sp³-hybridized carbons (Fsp3) is 0.786. The molecule has 0 saturated heterocycles. The Morgan fingerprint density at radius 2 is 2.05 bits per heavy atom. The smallest absolute Gasteiger partial charge is 0.152 e. The topological polar surface area (TPSA) is 64.0 Å². The predicted octanol–water partition coefficient (Wildman–Crippen LogP) is 1.76. The number of aromatic nitrogens is 2. The van der Waals surface area contributed by atoms with Gasteiger partial charge in [0.15, 0.2) is 9.84 Å². The van der Waals surface area contributed by atoms with E-state index in [1.165, 1.54) is 0 Å². The molecule has 0 aliphatic rings. The Bertz CT molecular complexity index is 506. The van der Waals surface area contributed by atoms with Crippen molar-refractivity contribution in [1.29, 1.82) is 0 Å². The van der Waals surface area contributed by atoms with E-state index >= 15 is 0 Å². The molecule has 1 heterocycles. The molecule has 0 amide bonds. The van der Waals surface area contributed by atoms with E-state index < -0.39 is 9.84 Å². The molecule has 0 spiro atoms. The lowest BCUT2D eigenvalue weighted by Crippen LogP contribution is -2.23. The van der Waals surface area contributed by atoms with Gasteiger partial charge in [-0.1, -0.05) is 20.8 Å². The van der Waals surface area contributed by atoms with Crippen molar-refractivity contribution >= 4 is 9.84 Å². The van der Waals surface area contributed by atoms with Gasteiger partial charge in [-0.2, -0.15) is 0 Å². The minimum atomic E-state index is -2.94. The third-order valence-corrected chi connectivity index (χ3v) is 4.97. The van der Waals surface area contributed by atoms with Crippen LogP contribution in [0, 0.1) is 12.8 Å². The average Bonchev–Trinajstić information content (AvgIpc) is 2.67. The van der Waals surface area contributed by atoms with Crippen molar-refractivity contribution in [2.24, 2.45) is 5.92 Å². The van der Waals surface area contributed by atoms with Crippen molar-refractivity contribution in [2.45, 2.75) is 47.2 Å².